The van der Waals surface area contributed by atoms with Crippen LogP contribution in [0.1, 0.15) is 159 Å². The van der Waals surface area contributed by atoms with Gasteiger partial charge in [-0.25, -0.2) is 4.39 Å². The number of piperazine rings is 3. The van der Waals surface area contributed by atoms with Crippen LogP contribution in [0.4, 0.5) is 21.8 Å². The highest BCUT2D eigenvalue weighted by atomic mass is 35.5. The van der Waals surface area contributed by atoms with Crippen molar-refractivity contribution in [1.29, 1.82) is 15.8 Å². The first-order chi connectivity index (χ1) is 64.7. The molecule has 5 amide bonds. The molecule has 5 saturated heterocycles. The zero-order chi connectivity index (χ0) is 92.1. The molecule has 34 heteroatoms. The minimum absolute atomic E-state index is 0.0146. The van der Waals surface area contributed by atoms with Crippen molar-refractivity contribution in [3.8, 4) is 42.0 Å². The second-order valence-corrected chi connectivity index (χ2v) is 36.4. The fourth-order valence-electron chi connectivity index (χ4n) is 21.4. The molecule has 13 heterocycles. The highest BCUT2D eigenvalue weighted by molar-refractivity contribution is 6.35. The zero-order valence-electron chi connectivity index (χ0n) is 74.6. The van der Waals surface area contributed by atoms with E-state index in [1.54, 1.807) is 19.6 Å². The molecule has 0 radical (unpaired) electrons. The minimum Gasteiger partial charge on any atom is -0.447 e. The number of ether oxygens (including phenoxy) is 3. The van der Waals surface area contributed by atoms with Crippen LogP contribution in [0.15, 0.2) is 141 Å². The summed E-state index contributed by atoms with van der Waals surface area (Å²) in [5.41, 5.74) is 11.5. The third-order valence-corrected chi connectivity index (χ3v) is 28.7. The van der Waals surface area contributed by atoms with Crippen molar-refractivity contribution < 1.29 is 47.7 Å². The van der Waals surface area contributed by atoms with E-state index in [-0.39, 0.29) is 103 Å². The first-order valence-corrected chi connectivity index (χ1v) is 46.0. The Morgan fingerprint density at radius 1 is 0.586 bits per heavy atom. The van der Waals surface area contributed by atoms with Gasteiger partial charge in [0.2, 0.25) is 17.7 Å². The molecule has 5 unspecified atom stereocenters. The standard InChI is InChI=1S/C33H31ClFN9O3.C33H37N7O3.C33H35N7O3/c1-3-28(45)44-12-11-42(16-20(44)7-9-36)31-23-17-43(32(46)29-22-14-37-40-25(22)13-24(35)30(29)34)18-26(23)38-33(39-31)47-27-6-4-5-19-15-41(2)10-8-21(19)27;1-3-28(41)40-16-15-37(17-23(40)12-13-34)32-26-18-39(19-27(26)35-33(36-32)43-20-38-14-6-7-21(38)2)30-24-10-4-8-22-9-5-11-25(29(22)24)31(30)42;1-3-28(41)39-16-15-37(18-24(39)12-13-34)31-26-19-40(27-17-23-10-4-8-22-9-5-11-25(27)29(22)23)32(42)30(26)35-33(36-31)43-20-38-14-6-7-21(38)2/h3-6,13-14,20H,1,7-8,10-12,15-18H2,2H3,(H,37,40);3-5,8-11,21,23,30-31,42H,1,6-7,12,14-20H2,2H3;3-5,8-11,21,24,27H,1,6-7,12,14-20H2,2H3/t20-;21?,23-,30?,31?;21?,24-,27?/m000/s1. The van der Waals surface area contributed by atoms with Crippen LogP contribution < -0.4 is 28.9 Å². The summed E-state index contributed by atoms with van der Waals surface area (Å²) < 4.78 is 33.5. The van der Waals surface area contributed by atoms with Crippen LogP contribution in [0, 0.1) is 39.8 Å². The highest BCUT2D eigenvalue weighted by Crippen LogP contribution is 2.51. The minimum atomic E-state index is -0.729. The molecule has 0 spiro atoms. The Morgan fingerprint density at radius 2 is 1.11 bits per heavy atom. The van der Waals surface area contributed by atoms with E-state index in [0.29, 0.717) is 155 Å². The maximum atomic E-state index is 14.8. The van der Waals surface area contributed by atoms with Gasteiger partial charge in [-0.15, -0.1) is 0 Å². The normalized spacial score (nSPS) is 21.9. The summed E-state index contributed by atoms with van der Waals surface area (Å²) in [5, 5.41) is 51.7. The summed E-state index contributed by atoms with van der Waals surface area (Å²) in [5.74, 6) is 0.742. The number of aliphatic hydroxyl groups excluding tert-OH is 1. The van der Waals surface area contributed by atoms with Crippen LogP contribution in [-0.4, -0.2) is 248 Å². The summed E-state index contributed by atoms with van der Waals surface area (Å²) in [6.07, 6.45) is 11.3. The second-order valence-electron chi connectivity index (χ2n) is 36.0. The van der Waals surface area contributed by atoms with Gasteiger partial charge in [0.1, 0.15) is 48.2 Å². The number of halogens is 2. The van der Waals surface area contributed by atoms with Gasteiger partial charge in [0.15, 0.2) is 0 Å². The SMILES string of the molecule is C=CC(=O)N1CCN(c2nc(OCN3CCCC3C)nc3c2CN(C2Cc4cccc5cccc2c45)C3=O)C[C@@H]1CC#N.C=CC(=O)N1CCN(c2nc(OCN3CCCC3C)nc3c2CN(C2c4cccc5cccc(c45)C2O)C3)C[C@@H]1CC#N.C=CC(=O)N1CCN(c2nc(Oc3cccc4c3CCN(C)C4)nc3c2CN(C(=O)c2c(Cl)c(F)cc4[nH]ncc24)C3)C[C@@H]1CC#N. The fourth-order valence-corrected chi connectivity index (χ4v) is 21.7. The number of hydrogen-bond acceptors (Lipinski definition) is 26. The van der Waals surface area contributed by atoms with Crippen molar-refractivity contribution in [3.63, 3.8) is 0 Å². The number of nitrogens with one attached hydrogen (secondary N) is 1. The molecule has 0 bridgehead atoms. The molecule has 133 heavy (non-hydrogen) atoms. The molecule has 2 aliphatic carbocycles. The van der Waals surface area contributed by atoms with E-state index in [0.717, 1.165) is 120 Å². The number of H-pyrrole nitrogens is 1. The van der Waals surface area contributed by atoms with E-state index < -0.39 is 23.9 Å². The number of likely N-dealkylation sites (tertiary alicyclic amines) is 2. The number of nitrogens with zero attached hydrogens (tertiary/aromatic N) is 22. The highest BCUT2D eigenvalue weighted by Gasteiger charge is 2.47. The van der Waals surface area contributed by atoms with Gasteiger partial charge < -0.3 is 63.4 Å². The average Bonchev–Trinajstić information content (AvgIpc) is 1.59. The lowest BCUT2D eigenvalue weighted by molar-refractivity contribution is -0.129. The van der Waals surface area contributed by atoms with Crippen LogP contribution in [0.3, 0.4) is 0 Å². The number of likely N-dealkylation sites (N-methyl/N-ethyl adjacent to an activating group) is 1. The molecule has 9 aliphatic heterocycles. The molecule has 4 aromatic heterocycles. The van der Waals surface area contributed by atoms with Crippen molar-refractivity contribution in [2.45, 2.75) is 159 Å². The van der Waals surface area contributed by atoms with Crippen LogP contribution in [0.25, 0.3) is 32.4 Å². The lowest BCUT2D eigenvalue weighted by atomic mass is 9.99. The Labute approximate surface area is 774 Å². The number of nitriles is 3. The van der Waals surface area contributed by atoms with E-state index in [1.165, 1.54) is 52.4 Å². The van der Waals surface area contributed by atoms with E-state index in [9.17, 15) is 49.3 Å². The zero-order valence-corrected chi connectivity index (χ0v) is 75.4. The maximum Gasteiger partial charge on any atom is 0.324 e. The van der Waals surface area contributed by atoms with Crippen molar-refractivity contribution in [1.82, 2.24) is 84.2 Å². The molecule has 6 aromatic carbocycles. The molecule has 11 aliphatic rings. The second kappa shape index (κ2) is 37.6. The smallest absolute Gasteiger partial charge is 0.324 e. The molecule has 2 N–H and O–H groups in total. The Hall–Kier alpha value is -13.6. The molecule has 0 saturated carbocycles. The molecular formula is C99H103ClFN23O9. The van der Waals surface area contributed by atoms with Crippen LogP contribution in [-0.2, 0) is 66.5 Å². The van der Waals surface area contributed by atoms with Gasteiger partial charge in [-0.05, 0) is 133 Å². The number of amides is 5. The Morgan fingerprint density at radius 3 is 1.70 bits per heavy atom. The van der Waals surface area contributed by atoms with Gasteiger partial charge >= 0.3 is 18.0 Å². The number of fused-ring (bicyclic) bond motifs is 5. The number of aliphatic hydroxyl groups is 1. The average molecular weight is 1810 g/mol. The maximum absolute atomic E-state index is 14.8. The fraction of sp³-hybridized carbons (Fsp3) is 0.404. The molecule has 5 fully saturated rings. The predicted molar refractivity (Wildman–Crippen MR) is 495 cm³/mol. The first-order valence-electron chi connectivity index (χ1n) is 45.6. The predicted octanol–water partition coefficient (Wildman–Crippen LogP) is 11.7. The number of hydrogen-bond donors (Lipinski definition) is 2. The number of rotatable bonds is 20. The number of carbonyl (C=O) groups is 5. The number of benzene rings is 6. The summed E-state index contributed by atoms with van der Waals surface area (Å²) >= 11 is 6.36. The molecule has 10 aromatic rings. The summed E-state index contributed by atoms with van der Waals surface area (Å²) in [4.78, 5) is 119. The molecular weight excluding hydrogens is 1710 g/mol. The lowest BCUT2D eigenvalue weighted by Crippen LogP contribution is -2.55. The van der Waals surface area contributed by atoms with E-state index in [2.05, 4.69) is 165 Å². The summed E-state index contributed by atoms with van der Waals surface area (Å²) in [6.45, 7) is 25.5. The molecule has 21 rings (SSSR count). The number of carbonyl (C=O) groups excluding carboxylic acids is 5. The van der Waals surface area contributed by atoms with E-state index in [1.807, 2.05) is 34.1 Å². The van der Waals surface area contributed by atoms with E-state index in [4.69, 9.17) is 55.7 Å². The topological polar surface area (TPSA) is 350 Å². The van der Waals surface area contributed by atoms with Crippen molar-refractivity contribution in [3.05, 3.63) is 225 Å². The number of aromatic amines is 1. The lowest BCUT2D eigenvalue weighted by Gasteiger charge is -2.41. The van der Waals surface area contributed by atoms with Crippen LogP contribution in [0.2, 0.25) is 5.02 Å². The monoisotopic (exact) mass is 1810 g/mol. The molecule has 682 valence electrons. The Bertz CT molecular complexity index is 6460. The summed E-state index contributed by atoms with van der Waals surface area (Å²) in [6, 6.07) is 39.1. The quantitative estimate of drug-likeness (QED) is 0.0669. The van der Waals surface area contributed by atoms with Gasteiger partial charge in [-0.3, -0.25) is 43.8 Å². The van der Waals surface area contributed by atoms with E-state index >= 15 is 0 Å². The van der Waals surface area contributed by atoms with Gasteiger partial charge in [-0.2, -0.15) is 50.8 Å². The van der Waals surface area contributed by atoms with Gasteiger partial charge in [0, 0.05) is 144 Å². The third-order valence-electron chi connectivity index (χ3n) is 28.3. The van der Waals surface area contributed by atoms with Gasteiger partial charge in [0.05, 0.1) is 127 Å². The van der Waals surface area contributed by atoms with Gasteiger partial charge in [0.25, 0.3) is 11.8 Å². The van der Waals surface area contributed by atoms with Crippen molar-refractivity contribution >= 4 is 91.0 Å². The molecule has 32 nitrogen and oxygen atoms in total. The number of anilines is 3. The summed E-state index contributed by atoms with van der Waals surface area (Å²) in [7, 11) is 2.08. The number of aromatic nitrogens is 8. The Kier molecular flexibility index (Phi) is 25.1. The molecule has 8 atom stereocenters. The van der Waals surface area contributed by atoms with Crippen LogP contribution >= 0.6 is 11.6 Å². The Balaban J connectivity index is 0.000000129. The third kappa shape index (κ3) is 17.0. The first kappa shape index (κ1) is 88.7. The van der Waals surface area contributed by atoms with Crippen LogP contribution in [0.5, 0.6) is 23.8 Å². The van der Waals surface area contributed by atoms with Crippen molar-refractivity contribution in [2.24, 2.45) is 0 Å². The largest absolute Gasteiger partial charge is 0.447 e. The van der Waals surface area contributed by atoms with Gasteiger partial charge in [-0.1, -0.05) is 116 Å². The van der Waals surface area contributed by atoms with Crippen molar-refractivity contribution in [2.75, 3.05) is 114 Å².